The van der Waals surface area contributed by atoms with Gasteiger partial charge in [0.05, 0.1) is 0 Å². The fraction of sp³-hybridized carbons (Fsp3) is 0.308. The monoisotopic (exact) mass is 344 g/mol. The summed E-state index contributed by atoms with van der Waals surface area (Å²) in [5.41, 5.74) is 8.23. The Morgan fingerprint density at radius 2 is 0.808 bits per heavy atom. The van der Waals surface area contributed by atoms with Crippen molar-refractivity contribution in [2.75, 3.05) is 0 Å². The van der Waals surface area contributed by atoms with Crippen LogP contribution in [0.4, 0.5) is 0 Å². The summed E-state index contributed by atoms with van der Waals surface area (Å²) in [6.45, 7) is 10.4. The van der Waals surface area contributed by atoms with Crippen molar-refractivity contribution in [2.24, 2.45) is 0 Å². The average molecular weight is 345 g/mol. The number of hydrogen-bond donors (Lipinski definition) is 0. The molecule has 0 aromatic heterocycles. The van der Waals surface area contributed by atoms with Crippen LogP contribution >= 0.6 is 0 Å². The zero-order valence-electron chi connectivity index (χ0n) is 16.9. The Hall–Kier alpha value is -2.34. The first-order chi connectivity index (χ1) is 12.6. The lowest BCUT2D eigenvalue weighted by molar-refractivity contribution is 0.679. The van der Waals surface area contributed by atoms with Crippen LogP contribution in [0, 0.1) is 20.8 Å². The van der Waals surface area contributed by atoms with Crippen molar-refractivity contribution in [3.63, 3.8) is 0 Å². The summed E-state index contributed by atoms with van der Waals surface area (Å²) in [5, 5.41) is 0. The van der Waals surface area contributed by atoms with Crippen LogP contribution in [0.1, 0.15) is 53.1 Å². The molecule has 26 heavy (non-hydrogen) atoms. The van der Waals surface area contributed by atoms with Gasteiger partial charge < -0.3 is 0 Å². The zero-order valence-corrected chi connectivity index (χ0v) is 16.9. The highest BCUT2D eigenvalue weighted by Crippen LogP contribution is 2.26. The van der Waals surface area contributed by atoms with Crippen molar-refractivity contribution in [2.45, 2.75) is 53.4 Å². The van der Waals surface area contributed by atoms with E-state index in [-0.39, 0.29) is 0 Å². The molecule has 0 saturated carbocycles. The van der Waals surface area contributed by atoms with Crippen molar-refractivity contribution in [1.29, 1.82) is 0 Å². The van der Waals surface area contributed by atoms with Crippen LogP contribution in [0.15, 0.2) is 72.8 Å². The van der Waals surface area contributed by atoms with Gasteiger partial charge >= 0.3 is 0 Å². The van der Waals surface area contributed by atoms with Crippen molar-refractivity contribution in [3.05, 3.63) is 106 Å². The highest BCUT2D eigenvalue weighted by molar-refractivity contribution is 5.31. The topological polar surface area (TPSA) is 0 Å². The minimum atomic E-state index is 0.510. The Bertz CT molecular complexity index is 714. The lowest BCUT2D eigenvalue weighted by atomic mass is 9.86. The van der Waals surface area contributed by atoms with Crippen LogP contribution in [0.3, 0.4) is 0 Å². The maximum atomic E-state index is 2.29. The van der Waals surface area contributed by atoms with E-state index < -0.39 is 0 Å². The maximum Gasteiger partial charge on any atom is -0.00810 e. The first-order valence-electron chi connectivity index (χ1n) is 9.78. The largest absolute Gasteiger partial charge is 0.0683 e. The molecule has 0 heteroatoms. The molecular weight excluding hydrogens is 312 g/mol. The molecule has 0 radical (unpaired) electrons. The third-order valence-electron chi connectivity index (χ3n) is 4.75. The van der Waals surface area contributed by atoms with E-state index in [9.17, 15) is 0 Å². The smallest absolute Gasteiger partial charge is 0.00810 e. The Labute approximate surface area is 159 Å². The van der Waals surface area contributed by atoms with E-state index in [0.29, 0.717) is 5.92 Å². The summed E-state index contributed by atoms with van der Waals surface area (Å²) in [6, 6.07) is 27.0. The lowest BCUT2D eigenvalue weighted by Crippen LogP contribution is -2.07. The molecular formula is C26H32. The number of benzene rings is 3. The van der Waals surface area contributed by atoms with Gasteiger partial charge in [-0.05, 0) is 56.2 Å². The molecule has 3 rings (SSSR count). The van der Waals surface area contributed by atoms with Crippen LogP contribution in [-0.4, -0.2) is 0 Å². The predicted molar refractivity (Wildman–Crippen MR) is 115 cm³/mol. The average Bonchev–Trinajstić information content (AvgIpc) is 2.67. The zero-order chi connectivity index (χ0) is 18.9. The van der Waals surface area contributed by atoms with Crippen LogP contribution in [0.5, 0.6) is 0 Å². The van der Waals surface area contributed by atoms with Gasteiger partial charge in [-0.3, -0.25) is 0 Å². The van der Waals surface area contributed by atoms with Crippen molar-refractivity contribution >= 4 is 0 Å². The molecule has 0 heterocycles. The van der Waals surface area contributed by atoms with Crippen LogP contribution < -0.4 is 0 Å². The van der Waals surface area contributed by atoms with Crippen LogP contribution in [0.25, 0.3) is 0 Å². The third-order valence-corrected chi connectivity index (χ3v) is 4.75. The summed E-state index contributed by atoms with van der Waals surface area (Å²) in [5.74, 6) is 0.510. The quantitative estimate of drug-likeness (QED) is 0.459. The summed E-state index contributed by atoms with van der Waals surface area (Å²) < 4.78 is 0. The van der Waals surface area contributed by atoms with Gasteiger partial charge in [-0.25, -0.2) is 0 Å². The Morgan fingerprint density at radius 1 is 0.500 bits per heavy atom. The van der Waals surface area contributed by atoms with Crippen LogP contribution in [-0.2, 0) is 12.8 Å². The summed E-state index contributed by atoms with van der Waals surface area (Å²) in [7, 11) is 0. The molecule has 0 bridgehead atoms. The molecule has 0 N–H and O–H groups in total. The van der Waals surface area contributed by atoms with Gasteiger partial charge in [0.2, 0.25) is 0 Å². The Kier molecular flexibility index (Phi) is 7.66. The molecule has 0 aliphatic carbocycles. The standard InChI is InChI=1S/C24H26.C2H6/c1-18-4-10-21(11-5-18)16-24(23-14-8-20(3)9-15-23)17-22-12-6-19(2)7-13-22;1-2/h4-15,24H,16-17H2,1-3H3;1-2H3. The van der Waals surface area contributed by atoms with Gasteiger partial charge in [0.1, 0.15) is 0 Å². The second-order valence-electron chi connectivity index (χ2n) is 6.99. The molecule has 0 nitrogen and oxygen atoms in total. The third kappa shape index (κ3) is 5.88. The van der Waals surface area contributed by atoms with Crippen molar-refractivity contribution in [3.8, 4) is 0 Å². The van der Waals surface area contributed by atoms with Gasteiger partial charge in [0.25, 0.3) is 0 Å². The summed E-state index contributed by atoms with van der Waals surface area (Å²) >= 11 is 0. The molecule has 0 aliphatic rings. The van der Waals surface area contributed by atoms with E-state index in [0.717, 1.165) is 12.8 Å². The fourth-order valence-corrected chi connectivity index (χ4v) is 3.16. The normalized spacial score (nSPS) is 10.4. The van der Waals surface area contributed by atoms with Gasteiger partial charge in [-0.1, -0.05) is 103 Å². The minimum Gasteiger partial charge on any atom is -0.0683 e. The highest BCUT2D eigenvalue weighted by Gasteiger charge is 2.13. The molecule has 0 spiro atoms. The molecule has 0 fully saturated rings. The van der Waals surface area contributed by atoms with E-state index in [1.54, 1.807) is 0 Å². The predicted octanol–water partition coefficient (Wildman–Crippen LogP) is 7.21. The molecule has 136 valence electrons. The lowest BCUT2D eigenvalue weighted by Gasteiger charge is -2.18. The van der Waals surface area contributed by atoms with E-state index in [4.69, 9.17) is 0 Å². The SMILES string of the molecule is CC.Cc1ccc(CC(Cc2ccc(C)cc2)c2ccc(C)cc2)cc1. The van der Waals surface area contributed by atoms with Crippen molar-refractivity contribution in [1.82, 2.24) is 0 Å². The van der Waals surface area contributed by atoms with E-state index in [1.165, 1.54) is 33.4 Å². The molecule has 3 aromatic carbocycles. The van der Waals surface area contributed by atoms with E-state index >= 15 is 0 Å². The van der Waals surface area contributed by atoms with Crippen molar-refractivity contribution < 1.29 is 0 Å². The molecule has 0 aliphatic heterocycles. The summed E-state index contributed by atoms with van der Waals surface area (Å²) in [4.78, 5) is 0. The number of hydrogen-bond acceptors (Lipinski definition) is 0. The number of aryl methyl sites for hydroxylation is 3. The van der Waals surface area contributed by atoms with E-state index in [1.807, 2.05) is 13.8 Å². The molecule has 0 unspecified atom stereocenters. The Balaban J connectivity index is 0.00000117. The molecule has 3 aromatic rings. The first kappa shape index (κ1) is 20.0. The van der Waals surface area contributed by atoms with Gasteiger partial charge in [-0.2, -0.15) is 0 Å². The van der Waals surface area contributed by atoms with Gasteiger partial charge in [-0.15, -0.1) is 0 Å². The second kappa shape index (κ2) is 9.97. The van der Waals surface area contributed by atoms with Gasteiger partial charge in [0.15, 0.2) is 0 Å². The first-order valence-corrected chi connectivity index (χ1v) is 9.78. The van der Waals surface area contributed by atoms with Gasteiger partial charge in [0, 0.05) is 0 Å². The van der Waals surface area contributed by atoms with Crippen LogP contribution in [0.2, 0.25) is 0 Å². The maximum absolute atomic E-state index is 2.29. The van der Waals surface area contributed by atoms with E-state index in [2.05, 4.69) is 93.6 Å². The molecule has 0 atom stereocenters. The minimum absolute atomic E-state index is 0.510. The fourth-order valence-electron chi connectivity index (χ4n) is 3.16. The molecule has 0 amide bonds. The Morgan fingerprint density at radius 3 is 1.15 bits per heavy atom. The highest BCUT2D eigenvalue weighted by atomic mass is 14.2. The summed E-state index contributed by atoms with van der Waals surface area (Å²) in [6.07, 6.45) is 2.16. The number of rotatable bonds is 5. The molecule has 0 saturated heterocycles. The second-order valence-corrected chi connectivity index (χ2v) is 6.99.